The number of hydrogen-bond acceptors (Lipinski definition) is 2. The van der Waals surface area contributed by atoms with Crippen LogP contribution in [0.1, 0.15) is 34.7 Å². The fourth-order valence-electron chi connectivity index (χ4n) is 3.30. The Morgan fingerprint density at radius 3 is 2.52 bits per heavy atom. The van der Waals surface area contributed by atoms with E-state index in [1.807, 2.05) is 49.4 Å². The fourth-order valence-corrected chi connectivity index (χ4v) is 3.30. The molecule has 2 aromatic rings. The highest BCUT2D eigenvalue weighted by Gasteiger charge is 2.25. The molecule has 1 atom stereocenters. The van der Waals surface area contributed by atoms with Crippen LogP contribution < -0.4 is 5.32 Å². The van der Waals surface area contributed by atoms with Gasteiger partial charge in [0.15, 0.2) is 0 Å². The highest BCUT2D eigenvalue weighted by molar-refractivity contribution is 5.76. The summed E-state index contributed by atoms with van der Waals surface area (Å²) >= 11 is 0. The zero-order valence-electron chi connectivity index (χ0n) is 14.2. The van der Waals surface area contributed by atoms with Crippen LogP contribution in [-0.2, 0) is 17.8 Å². The van der Waals surface area contributed by atoms with E-state index in [2.05, 4.69) is 11.4 Å². The van der Waals surface area contributed by atoms with Gasteiger partial charge in [0.05, 0.1) is 12.5 Å². The predicted molar refractivity (Wildman–Crippen MR) is 95.3 cm³/mol. The van der Waals surface area contributed by atoms with E-state index in [1.165, 1.54) is 5.56 Å². The van der Waals surface area contributed by atoms with Crippen molar-refractivity contribution in [2.75, 3.05) is 6.54 Å². The minimum Gasteiger partial charge on any atom is -0.481 e. The van der Waals surface area contributed by atoms with Gasteiger partial charge >= 0.3 is 12.0 Å². The van der Waals surface area contributed by atoms with E-state index in [4.69, 9.17) is 0 Å². The Balaban J connectivity index is 1.75. The molecule has 2 N–H and O–H groups in total. The summed E-state index contributed by atoms with van der Waals surface area (Å²) in [5, 5.41) is 12.1. The van der Waals surface area contributed by atoms with Gasteiger partial charge in [-0.2, -0.15) is 0 Å². The van der Waals surface area contributed by atoms with Crippen LogP contribution in [0.2, 0.25) is 0 Å². The molecule has 0 aromatic heterocycles. The molecule has 25 heavy (non-hydrogen) atoms. The molecule has 0 bridgehead atoms. The molecule has 0 aliphatic carbocycles. The van der Waals surface area contributed by atoms with E-state index < -0.39 is 12.0 Å². The van der Waals surface area contributed by atoms with E-state index >= 15 is 0 Å². The molecule has 1 aliphatic rings. The van der Waals surface area contributed by atoms with E-state index in [0.717, 1.165) is 23.1 Å². The van der Waals surface area contributed by atoms with Crippen LogP contribution in [0, 0.1) is 6.92 Å². The first kappa shape index (κ1) is 17.0. The number of nitrogens with one attached hydrogen (secondary N) is 1. The summed E-state index contributed by atoms with van der Waals surface area (Å²) in [6.07, 6.45) is 0.679. The number of rotatable bonds is 4. The topological polar surface area (TPSA) is 69.6 Å². The maximum absolute atomic E-state index is 12.7. The van der Waals surface area contributed by atoms with Gasteiger partial charge in [0.1, 0.15) is 0 Å². The van der Waals surface area contributed by atoms with Crippen molar-refractivity contribution in [1.82, 2.24) is 10.2 Å². The lowest BCUT2D eigenvalue weighted by atomic mass is 9.98. The van der Waals surface area contributed by atoms with Crippen LogP contribution in [0.25, 0.3) is 0 Å². The smallest absolute Gasteiger partial charge is 0.318 e. The van der Waals surface area contributed by atoms with E-state index in [-0.39, 0.29) is 12.5 Å². The summed E-state index contributed by atoms with van der Waals surface area (Å²) in [6, 6.07) is 14.9. The standard InChI is InChI=1S/C20H22N2O3/c1-14-6-2-5-9-17(14)18(12-19(23)24)21-20(25)22-11-10-15-7-3-4-8-16(15)13-22/h2-9,18H,10-13H2,1H3,(H,21,25)(H,23,24). The molecule has 130 valence electrons. The zero-order chi connectivity index (χ0) is 17.8. The predicted octanol–water partition coefficient (Wildman–Crippen LogP) is 3.28. The monoisotopic (exact) mass is 338 g/mol. The minimum absolute atomic E-state index is 0.138. The highest BCUT2D eigenvalue weighted by atomic mass is 16.4. The molecule has 1 unspecified atom stereocenters. The Hall–Kier alpha value is -2.82. The van der Waals surface area contributed by atoms with Crippen LogP contribution in [0.4, 0.5) is 4.79 Å². The Morgan fingerprint density at radius 1 is 1.12 bits per heavy atom. The normalized spacial score (nSPS) is 14.5. The summed E-state index contributed by atoms with van der Waals surface area (Å²) in [7, 11) is 0. The molecule has 5 nitrogen and oxygen atoms in total. The maximum atomic E-state index is 12.7. The molecule has 2 aromatic carbocycles. The second-order valence-electron chi connectivity index (χ2n) is 6.40. The van der Waals surface area contributed by atoms with Gasteiger partial charge in [-0.1, -0.05) is 48.5 Å². The minimum atomic E-state index is -0.933. The third kappa shape index (κ3) is 3.99. The maximum Gasteiger partial charge on any atom is 0.318 e. The molecular formula is C20H22N2O3. The van der Waals surface area contributed by atoms with E-state index in [0.29, 0.717) is 13.1 Å². The van der Waals surface area contributed by atoms with Crippen molar-refractivity contribution in [2.24, 2.45) is 0 Å². The van der Waals surface area contributed by atoms with Gasteiger partial charge in [0.2, 0.25) is 0 Å². The van der Waals surface area contributed by atoms with Crippen molar-refractivity contribution in [3.63, 3.8) is 0 Å². The van der Waals surface area contributed by atoms with Crippen molar-refractivity contribution in [3.8, 4) is 0 Å². The number of carbonyl (C=O) groups excluding carboxylic acids is 1. The number of fused-ring (bicyclic) bond motifs is 1. The lowest BCUT2D eigenvalue weighted by Gasteiger charge is -2.31. The van der Waals surface area contributed by atoms with Crippen LogP contribution in [0.15, 0.2) is 48.5 Å². The zero-order valence-corrected chi connectivity index (χ0v) is 14.2. The third-order valence-electron chi connectivity index (χ3n) is 4.66. The summed E-state index contributed by atoms with van der Waals surface area (Å²) in [5.41, 5.74) is 4.23. The largest absolute Gasteiger partial charge is 0.481 e. The number of carboxylic acid groups (broad SMARTS) is 1. The molecule has 5 heteroatoms. The quantitative estimate of drug-likeness (QED) is 0.899. The van der Waals surface area contributed by atoms with Crippen molar-refractivity contribution in [2.45, 2.75) is 32.4 Å². The molecular weight excluding hydrogens is 316 g/mol. The van der Waals surface area contributed by atoms with E-state index in [9.17, 15) is 14.7 Å². The molecule has 0 saturated heterocycles. The van der Waals surface area contributed by atoms with Crippen molar-refractivity contribution in [1.29, 1.82) is 0 Å². The number of urea groups is 1. The van der Waals surface area contributed by atoms with Crippen LogP contribution in [0.3, 0.4) is 0 Å². The van der Waals surface area contributed by atoms with Gasteiger partial charge in [0.25, 0.3) is 0 Å². The molecule has 3 rings (SSSR count). The second kappa shape index (κ2) is 7.38. The van der Waals surface area contributed by atoms with Crippen LogP contribution in [0.5, 0.6) is 0 Å². The van der Waals surface area contributed by atoms with Gasteiger partial charge in [0, 0.05) is 13.1 Å². The van der Waals surface area contributed by atoms with Crippen molar-refractivity contribution in [3.05, 3.63) is 70.8 Å². The molecule has 0 spiro atoms. The molecule has 0 saturated carbocycles. The van der Waals surface area contributed by atoms with Crippen molar-refractivity contribution < 1.29 is 14.7 Å². The highest BCUT2D eigenvalue weighted by Crippen LogP contribution is 2.23. The Bertz CT molecular complexity index is 788. The van der Waals surface area contributed by atoms with Crippen LogP contribution in [-0.4, -0.2) is 28.6 Å². The molecule has 2 amide bonds. The number of carboxylic acids is 1. The average molecular weight is 338 g/mol. The number of nitrogens with zero attached hydrogens (tertiary/aromatic N) is 1. The first-order valence-electron chi connectivity index (χ1n) is 8.44. The fraction of sp³-hybridized carbons (Fsp3) is 0.300. The Morgan fingerprint density at radius 2 is 1.80 bits per heavy atom. The average Bonchev–Trinajstić information content (AvgIpc) is 2.60. The molecule has 0 fully saturated rings. The van der Waals surface area contributed by atoms with Gasteiger partial charge in [-0.15, -0.1) is 0 Å². The SMILES string of the molecule is Cc1ccccc1C(CC(=O)O)NC(=O)N1CCc2ccccc2C1. The Labute approximate surface area is 147 Å². The van der Waals surface area contributed by atoms with Crippen LogP contribution >= 0.6 is 0 Å². The third-order valence-corrected chi connectivity index (χ3v) is 4.66. The number of amides is 2. The van der Waals surface area contributed by atoms with Crippen molar-refractivity contribution >= 4 is 12.0 Å². The Kier molecular flexibility index (Phi) is 5.03. The van der Waals surface area contributed by atoms with Gasteiger partial charge in [-0.25, -0.2) is 4.79 Å². The first-order chi connectivity index (χ1) is 12.0. The molecule has 0 radical (unpaired) electrons. The number of aryl methyl sites for hydroxylation is 1. The number of aliphatic carboxylic acids is 1. The summed E-state index contributed by atoms with van der Waals surface area (Å²) < 4.78 is 0. The summed E-state index contributed by atoms with van der Waals surface area (Å²) in [4.78, 5) is 25.7. The molecule has 1 aliphatic heterocycles. The molecule has 1 heterocycles. The summed E-state index contributed by atoms with van der Waals surface area (Å²) in [6.45, 7) is 3.11. The van der Waals surface area contributed by atoms with Gasteiger partial charge < -0.3 is 15.3 Å². The number of hydrogen-bond donors (Lipinski definition) is 2. The lowest BCUT2D eigenvalue weighted by molar-refractivity contribution is -0.137. The number of carbonyl (C=O) groups is 2. The van der Waals surface area contributed by atoms with E-state index in [1.54, 1.807) is 4.90 Å². The lowest BCUT2D eigenvalue weighted by Crippen LogP contribution is -2.44. The number of benzene rings is 2. The second-order valence-corrected chi connectivity index (χ2v) is 6.40. The first-order valence-corrected chi connectivity index (χ1v) is 8.44. The van der Waals surface area contributed by atoms with Gasteiger partial charge in [-0.3, -0.25) is 4.79 Å². The van der Waals surface area contributed by atoms with Gasteiger partial charge in [-0.05, 0) is 35.6 Å². The summed E-state index contributed by atoms with van der Waals surface area (Å²) in [5.74, 6) is -0.933.